The van der Waals surface area contributed by atoms with Crippen molar-refractivity contribution in [3.63, 3.8) is 0 Å². The van der Waals surface area contributed by atoms with Gasteiger partial charge < -0.3 is 5.11 Å². The lowest BCUT2D eigenvalue weighted by Gasteiger charge is -2.19. The highest BCUT2D eigenvalue weighted by Crippen LogP contribution is 2.73. The zero-order valence-electron chi connectivity index (χ0n) is 7.81. The smallest absolute Gasteiger partial charge is 0.163 e. The Morgan fingerprint density at radius 1 is 1.21 bits per heavy atom. The van der Waals surface area contributed by atoms with Gasteiger partial charge in [-0.3, -0.25) is 4.79 Å². The minimum atomic E-state index is 0.0903. The molecule has 72 valence electrons. The van der Waals surface area contributed by atoms with Crippen LogP contribution in [0.4, 0.5) is 0 Å². The Balaban J connectivity index is 1.90. The number of allylic oxidation sites excluding steroid dienone is 4. The molecule has 0 aromatic carbocycles. The number of rotatable bonds is 0. The van der Waals surface area contributed by atoms with Gasteiger partial charge in [-0.2, -0.15) is 0 Å². The van der Waals surface area contributed by atoms with Gasteiger partial charge in [0.1, 0.15) is 5.76 Å². The summed E-state index contributed by atoms with van der Waals surface area (Å²) in [5.41, 5.74) is 0.396. The highest BCUT2D eigenvalue weighted by atomic mass is 16.3. The third-order valence-corrected chi connectivity index (χ3v) is 4.80. The molecule has 2 bridgehead atoms. The van der Waals surface area contributed by atoms with Crippen molar-refractivity contribution in [1.29, 1.82) is 0 Å². The van der Waals surface area contributed by atoms with E-state index >= 15 is 0 Å². The second-order valence-corrected chi connectivity index (χ2v) is 5.19. The van der Waals surface area contributed by atoms with Crippen LogP contribution in [0.25, 0.3) is 0 Å². The van der Waals surface area contributed by atoms with Crippen molar-refractivity contribution >= 4 is 5.78 Å². The van der Waals surface area contributed by atoms with Gasteiger partial charge in [-0.05, 0) is 30.1 Å². The summed E-state index contributed by atoms with van der Waals surface area (Å²) in [4.78, 5) is 11.7. The van der Waals surface area contributed by atoms with E-state index in [0.717, 1.165) is 0 Å². The average molecular weight is 188 g/mol. The number of carbonyl (C=O) groups is 1. The Labute approximate surface area is 82.3 Å². The minimum Gasteiger partial charge on any atom is -0.512 e. The predicted molar refractivity (Wildman–Crippen MR) is 50.5 cm³/mol. The molecule has 0 aliphatic heterocycles. The van der Waals surface area contributed by atoms with E-state index in [-0.39, 0.29) is 17.6 Å². The van der Waals surface area contributed by atoms with Crippen LogP contribution in [-0.2, 0) is 4.79 Å². The summed E-state index contributed by atoms with van der Waals surface area (Å²) in [6.45, 7) is 0. The molecule has 4 rings (SSSR count). The second kappa shape index (κ2) is 1.83. The third-order valence-electron chi connectivity index (χ3n) is 4.80. The van der Waals surface area contributed by atoms with E-state index in [0.29, 0.717) is 23.0 Å². The molecule has 2 nitrogen and oxygen atoms in total. The summed E-state index contributed by atoms with van der Waals surface area (Å²) in [6.07, 6.45) is 8.42. The lowest BCUT2D eigenvalue weighted by Crippen LogP contribution is -2.21. The van der Waals surface area contributed by atoms with Gasteiger partial charge in [0.05, 0.1) is 0 Å². The molecule has 14 heavy (non-hydrogen) atoms. The molecule has 0 saturated heterocycles. The molecule has 2 fully saturated rings. The summed E-state index contributed by atoms with van der Waals surface area (Å²) >= 11 is 0. The number of carbonyl (C=O) groups excluding carboxylic acids is 1. The first-order valence-electron chi connectivity index (χ1n) is 5.37. The fraction of sp³-hybridized carbons (Fsp3) is 0.583. The van der Waals surface area contributed by atoms with Gasteiger partial charge in [0.15, 0.2) is 5.78 Å². The van der Waals surface area contributed by atoms with Crippen molar-refractivity contribution in [3.05, 3.63) is 24.0 Å². The standard InChI is InChI=1S/C12H12O2/c13-8-5-9(14)11-7-2-1-6(10(8)11)12(7)3-4-12/h1-2,5-7,10-11,13H,3-4H2/t6-,7-,10-,11-/m1/s1. The summed E-state index contributed by atoms with van der Waals surface area (Å²) in [6, 6.07) is 0. The molecule has 4 aliphatic rings. The molecular weight excluding hydrogens is 176 g/mol. The SMILES string of the molecule is O=C1C=C(O)[C@@H]2[C@@H]1[C@H]1C=C[C@H]2C12CC2. The normalized spacial score (nSPS) is 50.0. The molecule has 0 radical (unpaired) electrons. The van der Waals surface area contributed by atoms with Gasteiger partial charge in [0.25, 0.3) is 0 Å². The average Bonchev–Trinajstić information content (AvgIpc) is 2.72. The van der Waals surface area contributed by atoms with Crippen LogP contribution in [0, 0.1) is 29.1 Å². The molecule has 2 saturated carbocycles. The quantitative estimate of drug-likeness (QED) is 0.589. The zero-order chi connectivity index (χ0) is 9.50. The fourth-order valence-corrected chi connectivity index (χ4v) is 4.12. The summed E-state index contributed by atoms with van der Waals surface area (Å²) in [5, 5.41) is 9.76. The molecule has 0 heterocycles. The fourth-order valence-electron chi connectivity index (χ4n) is 4.12. The second-order valence-electron chi connectivity index (χ2n) is 5.19. The Morgan fingerprint density at radius 3 is 2.43 bits per heavy atom. The lowest BCUT2D eigenvalue weighted by atomic mass is 9.84. The van der Waals surface area contributed by atoms with Crippen LogP contribution in [0.15, 0.2) is 24.0 Å². The van der Waals surface area contributed by atoms with Crippen molar-refractivity contribution in [2.45, 2.75) is 12.8 Å². The van der Waals surface area contributed by atoms with Crippen molar-refractivity contribution in [2.24, 2.45) is 29.1 Å². The summed E-state index contributed by atoms with van der Waals surface area (Å²) < 4.78 is 0. The summed E-state index contributed by atoms with van der Waals surface area (Å²) in [5.74, 6) is 1.64. The number of aliphatic hydroxyl groups is 1. The van der Waals surface area contributed by atoms with E-state index in [9.17, 15) is 9.90 Å². The Morgan fingerprint density at radius 2 is 1.86 bits per heavy atom. The molecule has 0 unspecified atom stereocenters. The predicted octanol–water partition coefficient (Wildman–Crippen LogP) is 1.84. The van der Waals surface area contributed by atoms with E-state index in [2.05, 4.69) is 12.2 Å². The number of ketones is 1. The highest BCUT2D eigenvalue weighted by Gasteiger charge is 2.70. The zero-order valence-corrected chi connectivity index (χ0v) is 7.81. The number of aliphatic hydroxyl groups excluding tert-OH is 1. The molecule has 4 atom stereocenters. The first-order valence-corrected chi connectivity index (χ1v) is 5.37. The molecular formula is C12H12O2. The lowest BCUT2D eigenvalue weighted by molar-refractivity contribution is -0.119. The number of hydrogen-bond donors (Lipinski definition) is 1. The molecule has 1 N–H and O–H groups in total. The van der Waals surface area contributed by atoms with E-state index in [1.165, 1.54) is 18.9 Å². The van der Waals surface area contributed by atoms with E-state index < -0.39 is 0 Å². The van der Waals surface area contributed by atoms with Crippen LogP contribution in [-0.4, -0.2) is 10.9 Å². The minimum absolute atomic E-state index is 0.0903. The first-order chi connectivity index (χ1) is 6.74. The molecule has 0 amide bonds. The van der Waals surface area contributed by atoms with Gasteiger partial charge in [0.2, 0.25) is 0 Å². The molecule has 0 aromatic rings. The van der Waals surface area contributed by atoms with Crippen molar-refractivity contribution in [2.75, 3.05) is 0 Å². The van der Waals surface area contributed by atoms with Crippen LogP contribution < -0.4 is 0 Å². The molecule has 0 aromatic heterocycles. The molecule has 2 heteroatoms. The van der Waals surface area contributed by atoms with Crippen LogP contribution in [0.3, 0.4) is 0 Å². The molecule has 1 spiro atoms. The van der Waals surface area contributed by atoms with Gasteiger partial charge in [0, 0.05) is 17.9 Å². The highest BCUT2D eigenvalue weighted by molar-refractivity contribution is 5.96. The Bertz CT molecular complexity index is 401. The summed E-state index contributed by atoms with van der Waals surface area (Å²) in [7, 11) is 0. The van der Waals surface area contributed by atoms with Crippen LogP contribution in [0.2, 0.25) is 0 Å². The monoisotopic (exact) mass is 188 g/mol. The maximum Gasteiger partial charge on any atom is 0.163 e. The van der Waals surface area contributed by atoms with Gasteiger partial charge in [-0.25, -0.2) is 0 Å². The van der Waals surface area contributed by atoms with E-state index in [1.54, 1.807) is 0 Å². The van der Waals surface area contributed by atoms with Gasteiger partial charge in [-0.1, -0.05) is 12.2 Å². The van der Waals surface area contributed by atoms with Crippen molar-refractivity contribution < 1.29 is 9.90 Å². The van der Waals surface area contributed by atoms with E-state index in [1.807, 2.05) is 0 Å². The maximum atomic E-state index is 11.7. The van der Waals surface area contributed by atoms with Gasteiger partial charge >= 0.3 is 0 Å². The third kappa shape index (κ3) is 0.537. The van der Waals surface area contributed by atoms with Crippen molar-refractivity contribution in [3.8, 4) is 0 Å². The molecule has 4 aliphatic carbocycles. The maximum absolute atomic E-state index is 11.7. The van der Waals surface area contributed by atoms with Gasteiger partial charge in [-0.15, -0.1) is 0 Å². The van der Waals surface area contributed by atoms with E-state index in [4.69, 9.17) is 0 Å². The Kier molecular flexibility index (Phi) is 0.952. The number of fused-ring (bicyclic) bond motifs is 3. The van der Waals surface area contributed by atoms with Crippen molar-refractivity contribution in [1.82, 2.24) is 0 Å². The largest absolute Gasteiger partial charge is 0.512 e. The van der Waals surface area contributed by atoms with Crippen LogP contribution in [0.1, 0.15) is 12.8 Å². The Hall–Kier alpha value is -1.05. The number of hydrogen-bond acceptors (Lipinski definition) is 2. The van der Waals surface area contributed by atoms with Crippen LogP contribution in [0.5, 0.6) is 0 Å². The first kappa shape index (κ1) is 7.27. The van der Waals surface area contributed by atoms with Crippen LogP contribution >= 0.6 is 0 Å². The topological polar surface area (TPSA) is 37.3 Å².